The third-order valence-corrected chi connectivity index (χ3v) is 6.09. The Bertz CT molecular complexity index is 800. The molecule has 1 fully saturated rings. The number of aromatic nitrogens is 1. The summed E-state index contributed by atoms with van der Waals surface area (Å²) in [6, 6.07) is 5.83. The van der Waals surface area contributed by atoms with Crippen molar-refractivity contribution in [2.75, 3.05) is 33.0 Å². The molecule has 2 aromatic rings. The number of carbonyl (C=O) groups is 1. The molecule has 1 amide bonds. The first kappa shape index (κ1) is 18.3. The summed E-state index contributed by atoms with van der Waals surface area (Å²) in [6.07, 6.45) is 2.54. The summed E-state index contributed by atoms with van der Waals surface area (Å²) in [7, 11) is 0. The average molecular weight is 388 g/mol. The van der Waals surface area contributed by atoms with Crippen LogP contribution >= 0.6 is 11.3 Å². The van der Waals surface area contributed by atoms with Gasteiger partial charge in [0.2, 0.25) is 12.7 Å². The van der Waals surface area contributed by atoms with E-state index in [0.29, 0.717) is 12.3 Å². The molecular weight excluding hydrogens is 362 g/mol. The second kappa shape index (κ2) is 8.27. The molecule has 0 atom stereocenters. The van der Waals surface area contributed by atoms with Gasteiger partial charge in [-0.1, -0.05) is 6.92 Å². The minimum atomic E-state index is 0.180. The third kappa shape index (κ3) is 4.25. The number of ether oxygens (including phenoxy) is 2. The smallest absolute Gasteiger partial charge is 0.231 e. The van der Waals surface area contributed by atoms with E-state index >= 15 is 0 Å². The number of fused-ring (bicyclic) bond motifs is 1. The number of hydrogen-bond donors (Lipinski definition) is 1. The Morgan fingerprint density at radius 3 is 2.93 bits per heavy atom. The molecule has 27 heavy (non-hydrogen) atoms. The molecule has 3 heterocycles. The predicted octanol–water partition coefficient (Wildman–Crippen LogP) is 2.93. The maximum atomic E-state index is 12.6. The molecule has 0 radical (unpaired) electrons. The monoisotopic (exact) mass is 387 g/mol. The average Bonchev–Trinajstić information content (AvgIpc) is 3.35. The minimum absolute atomic E-state index is 0.180. The van der Waals surface area contributed by atoms with Gasteiger partial charge in [0.25, 0.3) is 0 Å². The van der Waals surface area contributed by atoms with E-state index in [1.807, 2.05) is 28.5 Å². The zero-order valence-electron chi connectivity index (χ0n) is 15.6. The Morgan fingerprint density at radius 1 is 1.30 bits per heavy atom. The van der Waals surface area contributed by atoms with Crippen LogP contribution in [0.2, 0.25) is 0 Å². The molecule has 7 heteroatoms. The number of rotatable bonds is 6. The highest BCUT2D eigenvalue weighted by Gasteiger charge is 2.23. The molecule has 0 aliphatic carbocycles. The first-order chi connectivity index (χ1) is 13.2. The number of nitrogens with zero attached hydrogens (tertiary/aromatic N) is 2. The van der Waals surface area contributed by atoms with Crippen LogP contribution < -0.4 is 14.8 Å². The van der Waals surface area contributed by atoms with Gasteiger partial charge in [-0.05, 0) is 50.0 Å². The van der Waals surface area contributed by atoms with Crippen molar-refractivity contribution in [1.82, 2.24) is 15.2 Å². The van der Waals surface area contributed by atoms with Crippen molar-refractivity contribution in [2.24, 2.45) is 5.92 Å². The number of likely N-dealkylation sites (tertiary alicyclic amines) is 1. The van der Waals surface area contributed by atoms with E-state index < -0.39 is 0 Å². The van der Waals surface area contributed by atoms with Gasteiger partial charge in [0.15, 0.2) is 11.5 Å². The number of nitrogens with one attached hydrogen (secondary N) is 1. The van der Waals surface area contributed by atoms with Crippen molar-refractivity contribution in [3.63, 3.8) is 0 Å². The number of amides is 1. The van der Waals surface area contributed by atoms with Gasteiger partial charge in [0.05, 0.1) is 12.1 Å². The number of hydrogen-bond acceptors (Lipinski definition) is 6. The summed E-state index contributed by atoms with van der Waals surface area (Å²) in [5, 5.41) is 6.29. The summed E-state index contributed by atoms with van der Waals surface area (Å²) in [5.41, 5.74) is 1.83. The van der Waals surface area contributed by atoms with Crippen LogP contribution in [0, 0.1) is 5.92 Å². The molecule has 0 bridgehead atoms. The normalized spacial score (nSPS) is 16.7. The first-order valence-electron chi connectivity index (χ1n) is 9.56. The van der Waals surface area contributed by atoms with Gasteiger partial charge in [0, 0.05) is 24.0 Å². The molecule has 1 N–H and O–H groups in total. The quantitative estimate of drug-likeness (QED) is 0.826. The summed E-state index contributed by atoms with van der Waals surface area (Å²) in [6.45, 7) is 6.17. The van der Waals surface area contributed by atoms with E-state index in [1.165, 1.54) is 0 Å². The SMILES string of the molecule is CCNCC1CCN(C(=O)Cc2csc(-c3ccc4c(c3)OCO4)n2)CC1. The predicted molar refractivity (Wildman–Crippen MR) is 105 cm³/mol. The fraction of sp³-hybridized carbons (Fsp3) is 0.500. The molecule has 0 unspecified atom stereocenters. The maximum Gasteiger partial charge on any atom is 0.231 e. The van der Waals surface area contributed by atoms with Gasteiger partial charge in [0.1, 0.15) is 5.01 Å². The van der Waals surface area contributed by atoms with Crippen LogP contribution in [0.4, 0.5) is 0 Å². The van der Waals surface area contributed by atoms with Crippen LogP contribution in [0.1, 0.15) is 25.5 Å². The molecule has 0 saturated carbocycles. The summed E-state index contributed by atoms with van der Waals surface area (Å²) in [4.78, 5) is 19.3. The van der Waals surface area contributed by atoms with Crippen LogP contribution in [-0.2, 0) is 11.2 Å². The topological polar surface area (TPSA) is 63.7 Å². The van der Waals surface area contributed by atoms with Gasteiger partial charge < -0.3 is 19.7 Å². The van der Waals surface area contributed by atoms with Gasteiger partial charge in [-0.15, -0.1) is 11.3 Å². The van der Waals surface area contributed by atoms with Gasteiger partial charge in [-0.25, -0.2) is 4.98 Å². The third-order valence-electron chi connectivity index (χ3n) is 5.15. The second-order valence-electron chi connectivity index (χ2n) is 7.02. The molecule has 144 valence electrons. The molecule has 4 rings (SSSR count). The Morgan fingerprint density at radius 2 is 2.11 bits per heavy atom. The second-order valence-corrected chi connectivity index (χ2v) is 7.88. The van der Waals surface area contributed by atoms with E-state index in [0.717, 1.165) is 66.8 Å². The molecule has 2 aliphatic heterocycles. The number of carbonyl (C=O) groups excluding carboxylic acids is 1. The molecule has 6 nitrogen and oxygen atoms in total. The fourth-order valence-electron chi connectivity index (χ4n) is 3.55. The summed E-state index contributed by atoms with van der Waals surface area (Å²) < 4.78 is 10.8. The lowest BCUT2D eigenvalue weighted by atomic mass is 9.96. The lowest BCUT2D eigenvalue weighted by Crippen LogP contribution is -2.41. The molecule has 1 aromatic carbocycles. The van der Waals surface area contributed by atoms with Crippen LogP contribution in [0.25, 0.3) is 10.6 Å². The summed E-state index contributed by atoms with van der Waals surface area (Å²) >= 11 is 1.56. The Hall–Kier alpha value is -2.12. The number of benzene rings is 1. The Balaban J connectivity index is 1.33. The molecular formula is C20H25N3O3S. The van der Waals surface area contributed by atoms with Crippen LogP contribution in [0.5, 0.6) is 11.5 Å². The Labute approximate surface area is 163 Å². The van der Waals surface area contributed by atoms with Crippen molar-refractivity contribution in [3.8, 4) is 22.1 Å². The largest absolute Gasteiger partial charge is 0.454 e. The van der Waals surface area contributed by atoms with E-state index in [2.05, 4.69) is 17.2 Å². The van der Waals surface area contributed by atoms with E-state index in [9.17, 15) is 4.79 Å². The number of thiazole rings is 1. The lowest BCUT2D eigenvalue weighted by molar-refractivity contribution is -0.131. The van der Waals surface area contributed by atoms with Crippen LogP contribution in [-0.4, -0.2) is 48.8 Å². The maximum absolute atomic E-state index is 12.6. The van der Waals surface area contributed by atoms with Crippen molar-refractivity contribution in [3.05, 3.63) is 29.3 Å². The zero-order chi connectivity index (χ0) is 18.6. The highest BCUT2D eigenvalue weighted by atomic mass is 32.1. The van der Waals surface area contributed by atoms with Crippen molar-refractivity contribution < 1.29 is 14.3 Å². The molecule has 2 aliphatic rings. The van der Waals surface area contributed by atoms with Crippen molar-refractivity contribution >= 4 is 17.2 Å². The Kier molecular flexibility index (Phi) is 5.59. The molecule has 1 aromatic heterocycles. The molecule has 1 saturated heterocycles. The minimum Gasteiger partial charge on any atom is -0.454 e. The first-order valence-corrected chi connectivity index (χ1v) is 10.4. The summed E-state index contributed by atoms with van der Waals surface area (Å²) in [5.74, 6) is 2.38. The van der Waals surface area contributed by atoms with Crippen molar-refractivity contribution in [1.29, 1.82) is 0 Å². The standard InChI is InChI=1S/C20H25N3O3S/c1-2-21-11-14-5-7-23(8-6-14)19(24)10-16-12-27-20(22-16)15-3-4-17-18(9-15)26-13-25-17/h3-4,9,12,14,21H,2,5-8,10-11,13H2,1H3. The highest BCUT2D eigenvalue weighted by molar-refractivity contribution is 7.13. The zero-order valence-corrected chi connectivity index (χ0v) is 16.4. The number of piperidine rings is 1. The van der Waals surface area contributed by atoms with Crippen LogP contribution in [0.15, 0.2) is 23.6 Å². The van der Waals surface area contributed by atoms with Gasteiger partial charge >= 0.3 is 0 Å². The fourth-order valence-corrected chi connectivity index (χ4v) is 4.37. The van der Waals surface area contributed by atoms with Gasteiger partial charge in [-0.2, -0.15) is 0 Å². The molecule has 0 spiro atoms. The van der Waals surface area contributed by atoms with Crippen LogP contribution in [0.3, 0.4) is 0 Å². The highest BCUT2D eigenvalue weighted by Crippen LogP contribution is 2.36. The van der Waals surface area contributed by atoms with E-state index in [-0.39, 0.29) is 12.7 Å². The van der Waals surface area contributed by atoms with Crippen molar-refractivity contribution in [2.45, 2.75) is 26.2 Å². The van der Waals surface area contributed by atoms with E-state index in [4.69, 9.17) is 9.47 Å². The lowest BCUT2D eigenvalue weighted by Gasteiger charge is -2.32. The van der Waals surface area contributed by atoms with Gasteiger partial charge in [-0.3, -0.25) is 4.79 Å². The van der Waals surface area contributed by atoms with E-state index in [1.54, 1.807) is 11.3 Å².